The number of furan rings is 1. The first kappa shape index (κ1) is 15.2. The quantitative estimate of drug-likeness (QED) is 0.491. The maximum Gasteiger partial charge on any atom is 0.227 e. The highest BCUT2D eigenvalue weighted by atomic mass is 32.3. The predicted octanol–water partition coefficient (Wildman–Crippen LogP) is 5.40. The lowest BCUT2D eigenvalue weighted by molar-refractivity contribution is 0.654. The molecule has 4 aromatic rings. The Morgan fingerprint density at radius 2 is 1.79 bits per heavy atom. The summed E-state index contributed by atoms with van der Waals surface area (Å²) in [5.74, 6) is 0. The van der Waals surface area contributed by atoms with Crippen molar-refractivity contribution < 1.29 is 4.42 Å². The van der Waals surface area contributed by atoms with Crippen LogP contribution in [0.2, 0.25) is 0 Å². The third kappa shape index (κ3) is 2.38. The van der Waals surface area contributed by atoms with E-state index in [4.69, 9.17) is 4.42 Å². The van der Waals surface area contributed by atoms with Gasteiger partial charge in [0.1, 0.15) is 5.58 Å². The Morgan fingerprint density at radius 3 is 2.50 bits per heavy atom. The normalized spacial score (nSPS) is 12.8. The first-order chi connectivity index (χ1) is 11.4. The van der Waals surface area contributed by atoms with E-state index in [1.165, 1.54) is 10.3 Å². The molecule has 0 unspecified atom stereocenters. The van der Waals surface area contributed by atoms with Crippen molar-refractivity contribution in [1.29, 1.82) is 0 Å². The third-order valence-corrected chi connectivity index (χ3v) is 5.87. The van der Waals surface area contributed by atoms with Crippen LogP contribution in [-0.4, -0.2) is 28.7 Å². The molecule has 24 heavy (non-hydrogen) atoms. The van der Waals surface area contributed by atoms with E-state index in [1.807, 2.05) is 25.3 Å². The van der Waals surface area contributed by atoms with Gasteiger partial charge in [0, 0.05) is 33.6 Å². The van der Waals surface area contributed by atoms with Crippen LogP contribution in [0.1, 0.15) is 5.56 Å². The van der Waals surface area contributed by atoms with E-state index in [2.05, 4.69) is 53.0 Å². The van der Waals surface area contributed by atoms with Gasteiger partial charge in [0.25, 0.3) is 0 Å². The zero-order valence-corrected chi connectivity index (χ0v) is 15.1. The van der Waals surface area contributed by atoms with E-state index >= 15 is 0 Å². The summed E-state index contributed by atoms with van der Waals surface area (Å²) in [7, 11) is -0.905. The molecule has 0 amide bonds. The first-order valence-corrected chi connectivity index (χ1v) is 10.7. The molecule has 0 atom stereocenters. The summed E-state index contributed by atoms with van der Waals surface area (Å²) in [5.41, 5.74) is 4.68. The molecule has 0 bridgehead atoms. The van der Waals surface area contributed by atoms with Crippen molar-refractivity contribution in [2.24, 2.45) is 0 Å². The van der Waals surface area contributed by atoms with Crippen LogP contribution >= 0.6 is 10.0 Å². The average Bonchev–Trinajstić information content (AvgIpc) is 2.93. The number of hydrogen-bond acceptors (Lipinski definition) is 3. The second-order valence-corrected chi connectivity index (χ2v) is 10.9. The Kier molecular flexibility index (Phi) is 3.39. The summed E-state index contributed by atoms with van der Waals surface area (Å²) in [6, 6.07) is 12.6. The van der Waals surface area contributed by atoms with Gasteiger partial charge in [-0.15, -0.1) is 0 Å². The molecule has 0 saturated carbocycles. The Bertz CT molecular complexity index is 1040. The highest BCUT2D eigenvalue weighted by molar-refractivity contribution is 8.32. The van der Waals surface area contributed by atoms with Crippen LogP contribution in [0, 0.1) is 6.92 Å². The van der Waals surface area contributed by atoms with Crippen molar-refractivity contribution in [2.45, 2.75) is 11.8 Å². The van der Waals surface area contributed by atoms with Crippen LogP contribution < -0.4 is 0 Å². The number of pyridine rings is 2. The lowest BCUT2D eigenvalue weighted by Gasteiger charge is -2.27. The molecule has 3 heterocycles. The summed E-state index contributed by atoms with van der Waals surface area (Å²) in [5, 5.41) is 2.26. The van der Waals surface area contributed by atoms with E-state index < -0.39 is 10.0 Å². The minimum absolute atomic E-state index is 0.692. The Hall–Kier alpha value is -2.33. The van der Waals surface area contributed by atoms with Crippen molar-refractivity contribution in [3.63, 3.8) is 0 Å². The predicted molar refractivity (Wildman–Crippen MR) is 103 cm³/mol. The molecular formula is C20H20N2OS. The number of aromatic nitrogens is 2. The Morgan fingerprint density at radius 1 is 0.958 bits per heavy atom. The zero-order chi connectivity index (χ0) is 16.9. The number of hydrogen-bond donors (Lipinski definition) is 0. The van der Waals surface area contributed by atoms with Gasteiger partial charge >= 0.3 is 0 Å². The van der Waals surface area contributed by atoms with Gasteiger partial charge in [-0.05, 0) is 61.6 Å². The lowest BCUT2D eigenvalue weighted by atomic mass is 10.1. The van der Waals surface area contributed by atoms with Gasteiger partial charge in [-0.1, -0.05) is 6.07 Å². The maximum atomic E-state index is 6.17. The average molecular weight is 336 g/mol. The highest BCUT2D eigenvalue weighted by Gasteiger charge is 2.21. The van der Waals surface area contributed by atoms with E-state index in [1.54, 1.807) is 6.20 Å². The smallest absolute Gasteiger partial charge is 0.227 e. The third-order valence-electron chi connectivity index (χ3n) is 4.21. The first-order valence-electron chi connectivity index (χ1n) is 7.87. The summed E-state index contributed by atoms with van der Waals surface area (Å²) >= 11 is 0. The molecule has 3 nitrogen and oxygen atoms in total. The molecule has 0 fully saturated rings. The number of fused-ring (bicyclic) bond motifs is 3. The van der Waals surface area contributed by atoms with Crippen molar-refractivity contribution >= 4 is 32.1 Å². The maximum absolute atomic E-state index is 6.17. The van der Waals surface area contributed by atoms with Gasteiger partial charge in [0.2, 0.25) is 5.71 Å². The molecule has 3 aromatic heterocycles. The van der Waals surface area contributed by atoms with Crippen molar-refractivity contribution in [3.05, 3.63) is 54.4 Å². The molecule has 4 heteroatoms. The van der Waals surface area contributed by atoms with Crippen LogP contribution in [0.3, 0.4) is 0 Å². The molecule has 0 spiro atoms. The second kappa shape index (κ2) is 5.35. The van der Waals surface area contributed by atoms with E-state index in [9.17, 15) is 0 Å². The molecule has 122 valence electrons. The molecule has 0 aliphatic heterocycles. The van der Waals surface area contributed by atoms with Crippen molar-refractivity contribution in [3.8, 4) is 11.3 Å². The molecule has 0 N–H and O–H groups in total. The Labute approximate surface area is 143 Å². The summed E-state index contributed by atoms with van der Waals surface area (Å²) in [6.07, 6.45) is 10.6. The van der Waals surface area contributed by atoms with Crippen LogP contribution in [0.25, 0.3) is 33.3 Å². The molecule has 1 aromatic carbocycles. The number of rotatable bonds is 2. The fourth-order valence-electron chi connectivity index (χ4n) is 3.02. The summed E-state index contributed by atoms with van der Waals surface area (Å²) < 4.78 is 6.17. The zero-order valence-electron chi connectivity index (χ0n) is 14.3. The molecule has 0 aliphatic carbocycles. The molecular weight excluding hydrogens is 316 g/mol. The number of nitrogens with zero attached hydrogens (tertiary/aromatic N) is 2. The fraction of sp³-hybridized carbons (Fsp3) is 0.200. The van der Waals surface area contributed by atoms with E-state index in [0.29, 0.717) is 5.71 Å². The number of benzene rings is 1. The fourth-order valence-corrected chi connectivity index (χ4v) is 4.32. The minimum Gasteiger partial charge on any atom is -0.437 e. The van der Waals surface area contributed by atoms with Crippen LogP contribution in [0.15, 0.2) is 58.1 Å². The lowest BCUT2D eigenvalue weighted by Crippen LogP contribution is -1.95. The molecule has 0 aliphatic rings. The van der Waals surface area contributed by atoms with Gasteiger partial charge in [0.05, 0.1) is 5.69 Å². The summed E-state index contributed by atoms with van der Waals surface area (Å²) in [4.78, 5) is 10.3. The van der Waals surface area contributed by atoms with Gasteiger partial charge < -0.3 is 4.42 Å². The molecule has 4 rings (SSSR count). The van der Waals surface area contributed by atoms with Crippen LogP contribution in [0.4, 0.5) is 0 Å². The van der Waals surface area contributed by atoms with Crippen LogP contribution in [0.5, 0.6) is 0 Å². The van der Waals surface area contributed by atoms with Gasteiger partial charge in [-0.2, -0.15) is 0 Å². The van der Waals surface area contributed by atoms with Crippen molar-refractivity contribution in [1.82, 2.24) is 9.97 Å². The monoisotopic (exact) mass is 336 g/mol. The van der Waals surface area contributed by atoms with Crippen molar-refractivity contribution in [2.75, 3.05) is 18.8 Å². The van der Waals surface area contributed by atoms with Gasteiger partial charge in [-0.3, -0.25) is 4.98 Å². The highest BCUT2D eigenvalue weighted by Crippen LogP contribution is 2.52. The summed E-state index contributed by atoms with van der Waals surface area (Å²) in [6.45, 7) is 2.05. The van der Waals surface area contributed by atoms with E-state index in [0.717, 1.165) is 27.8 Å². The minimum atomic E-state index is -0.905. The SMILES string of the molecule is Cc1ccc(-c2ccc(S(C)(C)C)c3c2oc2ncccc23)nc1. The topological polar surface area (TPSA) is 38.9 Å². The van der Waals surface area contributed by atoms with Crippen LogP contribution in [-0.2, 0) is 0 Å². The molecule has 0 saturated heterocycles. The van der Waals surface area contributed by atoms with E-state index in [-0.39, 0.29) is 0 Å². The Balaban J connectivity index is 2.12. The largest absolute Gasteiger partial charge is 0.437 e. The van der Waals surface area contributed by atoms with Gasteiger partial charge in [0.15, 0.2) is 0 Å². The van der Waals surface area contributed by atoms with Gasteiger partial charge in [-0.25, -0.2) is 15.0 Å². The standard InChI is InChI=1S/C20H20N2OS/c1-13-7-9-16(22-12-13)14-8-10-17(24(2,3)4)18-15-6-5-11-21-20(15)23-19(14)18/h5-12H,1-4H3. The molecule has 0 radical (unpaired) electrons. The number of aryl methyl sites for hydroxylation is 1. The second-order valence-electron chi connectivity index (χ2n) is 6.83.